The molecule has 8 atom stereocenters. The number of para-hydroxylation sites is 1. The summed E-state index contributed by atoms with van der Waals surface area (Å²) in [4.78, 5) is 45.8. The third kappa shape index (κ3) is 4.45. The van der Waals surface area contributed by atoms with Gasteiger partial charge in [0, 0.05) is 35.9 Å². The average Bonchev–Trinajstić information content (AvgIpc) is 3.45. The van der Waals surface area contributed by atoms with Crippen LogP contribution in [0.2, 0.25) is 0 Å². The van der Waals surface area contributed by atoms with Gasteiger partial charge in [0.05, 0.1) is 18.0 Å². The highest BCUT2D eigenvalue weighted by Gasteiger charge is 2.68. The number of benzene rings is 1. The van der Waals surface area contributed by atoms with Gasteiger partial charge in [-0.05, 0) is 54.4 Å². The summed E-state index contributed by atoms with van der Waals surface area (Å²) in [5.41, 5.74) is 0.735. The predicted molar refractivity (Wildman–Crippen MR) is 148 cm³/mol. The van der Waals surface area contributed by atoms with E-state index in [1.54, 1.807) is 6.92 Å². The molecule has 0 bridgehead atoms. The van der Waals surface area contributed by atoms with Crippen LogP contribution in [0.25, 0.3) is 5.57 Å². The van der Waals surface area contributed by atoms with Crippen molar-refractivity contribution in [2.24, 2.45) is 34.1 Å². The lowest BCUT2D eigenvalue weighted by molar-refractivity contribution is -0.152. The van der Waals surface area contributed by atoms with Crippen LogP contribution in [0.1, 0.15) is 46.5 Å². The van der Waals surface area contributed by atoms with Gasteiger partial charge < -0.3 is 15.5 Å². The number of carbonyl (C=O) groups is 3. The Morgan fingerprint density at radius 2 is 1.87 bits per heavy atom. The first-order valence-corrected chi connectivity index (χ1v) is 14.0. The minimum atomic E-state index is -1.54. The number of carbonyl (C=O) groups excluding carboxylic acids is 3. The molecular formula is C32H38N2O5. The summed E-state index contributed by atoms with van der Waals surface area (Å²) in [5.74, 6) is -2.75. The fourth-order valence-electron chi connectivity index (χ4n) is 7.37. The van der Waals surface area contributed by atoms with E-state index in [0.29, 0.717) is 30.5 Å². The number of fused-ring (bicyclic) bond motifs is 1. The molecular weight excluding hydrogens is 492 g/mol. The van der Waals surface area contributed by atoms with Crippen molar-refractivity contribution >= 4 is 23.0 Å². The number of nitrogens with zero attached hydrogens (tertiary/aromatic N) is 1. The van der Waals surface area contributed by atoms with Gasteiger partial charge in [0.2, 0.25) is 5.91 Å². The number of hydrogen-bond acceptors (Lipinski definition) is 6. The predicted octanol–water partition coefficient (Wildman–Crippen LogP) is 1.97. The highest BCUT2D eigenvalue weighted by atomic mass is 16.3. The van der Waals surface area contributed by atoms with Gasteiger partial charge in [0.15, 0.2) is 5.78 Å². The minimum absolute atomic E-state index is 0.0162. The zero-order chi connectivity index (χ0) is 28.1. The number of aliphatic hydroxyl groups excluding tert-OH is 2. The second-order valence-electron chi connectivity index (χ2n) is 11.8. The number of amides is 1. The SMILES string of the molecule is C=C1[C@@H](C)[C@H]2[C@H](CC3=c4ccccc4=NC3)NC(=O)[C@]23C(=O)CCC(=O)[C@H](O)/C(C)=C/[C@@H](C)C/C=C/[C@H]3[C@@H]1O. The number of allylic oxidation sites excluding steroid dienone is 2. The summed E-state index contributed by atoms with van der Waals surface area (Å²) in [6, 6.07) is 7.57. The van der Waals surface area contributed by atoms with E-state index in [-0.39, 0.29) is 36.5 Å². The molecule has 206 valence electrons. The third-order valence-electron chi connectivity index (χ3n) is 9.41. The number of rotatable bonds is 2. The third-order valence-corrected chi connectivity index (χ3v) is 9.41. The van der Waals surface area contributed by atoms with Gasteiger partial charge in [-0.1, -0.05) is 56.9 Å². The maximum Gasteiger partial charge on any atom is 0.235 e. The van der Waals surface area contributed by atoms with E-state index in [0.717, 1.165) is 16.1 Å². The van der Waals surface area contributed by atoms with Crippen molar-refractivity contribution in [3.63, 3.8) is 0 Å². The fraction of sp³-hybridized carbons (Fsp3) is 0.500. The molecule has 0 aromatic heterocycles. The molecule has 1 aromatic rings. The average molecular weight is 531 g/mol. The molecule has 0 unspecified atom stereocenters. The van der Waals surface area contributed by atoms with Crippen LogP contribution in [-0.4, -0.2) is 52.5 Å². The van der Waals surface area contributed by atoms with Crippen LogP contribution >= 0.6 is 0 Å². The summed E-state index contributed by atoms with van der Waals surface area (Å²) in [7, 11) is 0. The topological polar surface area (TPSA) is 116 Å². The maximum absolute atomic E-state index is 14.2. The van der Waals surface area contributed by atoms with Gasteiger partial charge in [-0.25, -0.2) is 0 Å². The second kappa shape index (κ2) is 10.4. The Labute approximate surface area is 229 Å². The molecule has 2 fully saturated rings. The number of aliphatic hydroxyl groups is 2. The van der Waals surface area contributed by atoms with E-state index >= 15 is 0 Å². The molecule has 2 aliphatic carbocycles. The van der Waals surface area contributed by atoms with Crippen molar-refractivity contribution in [3.8, 4) is 0 Å². The van der Waals surface area contributed by atoms with Crippen molar-refractivity contribution in [2.45, 2.75) is 64.7 Å². The first kappa shape index (κ1) is 27.4. The number of ketones is 2. The molecule has 2 heterocycles. The summed E-state index contributed by atoms with van der Waals surface area (Å²) in [6.45, 7) is 10.4. The van der Waals surface area contributed by atoms with Crippen LogP contribution < -0.4 is 15.9 Å². The van der Waals surface area contributed by atoms with Crippen molar-refractivity contribution < 1.29 is 24.6 Å². The minimum Gasteiger partial charge on any atom is -0.388 e. The van der Waals surface area contributed by atoms with Crippen LogP contribution in [0.3, 0.4) is 0 Å². The lowest BCUT2D eigenvalue weighted by Crippen LogP contribution is -2.58. The molecule has 5 rings (SSSR count). The largest absolute Gasteiger partial charge is 0.388 e. The standard InChI is InChI=1S/C32H38N2O5/c1-17-8-7-10-23-30(38)20(4)19(3)28-25(15-21-16-33-24-11-6-5-9-22(21)24)34-31(39)32(23,28)27(36)13-12-26(35)29(37)18(2)14-17/h5-7,9-11,14,17,19,23,25,28-30,37-38H,4,8,12-13,15-16H2,1-3H3,(H,34,39)/b10-7+,18-14+/t17-,19+,23-,25-,28-,29+,30+,32+/m0/s1. The Hall–Kier alpha value is -3.16. The first-order valence-electron chi connectivity index (χ1n) is 14.0. The van der Waals surface area contributed by atoms with E-state index in [1.807, 2.05) is 56.3 Å². The van der Waals surface area contributed by atoms with Gasteiger partial charge in [0.25, 0.3) is 0 Å². The maximum atomic E-state index is 14.2. The zero-order valence-electron chi connectivity index (χ0n) is 22.9. The highest BCUT2D eigenvalue weighted by Crippen LogP contribution is 2.57. The van der Waals surface area contributed by atoms with Gasteiger partial charge in [-0.2, -0.15) is 0 Å². The van der Waals surface area contributed by atoms with E-state index in [9.17, 15) is 24.6 Å². The molecule has 2 aliphatic heterocycles. The van der Waals surface area contributed by atoms with E-state index in [1.165, 1.54) is 0 Å². The lowest BCUT2D eigenvalue weighted by Gasteiger charge is -2.49. The summed E-state index contributed by atoms with van der Waals surface area (Å²) in [6.07, 6.45) is 3.99. The Balaban J connectivity index is 1.60. The number of Topliss-reactive ketones (excluding diaryl/α,β-unsaturated/α-hetero) is 2. The Morgan fingerprint density at radius 1 is 1.13 bits per heavy atom. The highest BCUT2D eigenvalue weighted by molar-refractivity contribution is 6.10. The quantitative estimate of drug-likeness (QED) is 0.399. The first-order chi connectivity index (χ1) is 18.6. The molecule has 1 saturated carbocycles. The molecule has 1 aromatic carbocycles. The van der Waals surface area contributed by atoms with Crippen molar-refractivity contribution in [2.75, 3.05) is 6.54 Å². The zero-order valence-corrected chi connectivity index (χ0v) is 22.9. The Kier molecular flexibility index (Phi) is 7.33. The van der Waals surface area contributed by atoms with E-state index in [2.05, 4.69) is 16.9 Å². The van der Waals surface area contributed by atoms with Crippen LogP contribution in [0.4, 0.5) is 0 Å². The number of nitrogens with one attached hydrogen (secondary N) is 1. The normalized spacial score (nSPS) is 39.2. The van der Waals surface area contributed by atoms with Crippen molar-refractivity contribution in [1.29, 1.82) is 0 Å². The van der Waals surface area contributed by atoms with E-state index < -0.39 is 41.1 Å². The molecule has 1 spiro atoms. The molecule has 7 nitrogen and oxygen atoms in total. The molecule has 1 amide bonds. The summed E-state index contributed by atoms with van der Waals surface area (Å²) in [5, 5.41) is 27.2. The fourth-order valence-corrected chi connectivity index (χ4v) is 7.37. The van der Waals surface area contributed by atoms with Gasteiger partial charge >= 0.3 is 0 Å². The lowest BCUT2D eigenvalue weighted by atomic mass is 9.51. The monoisotopic (exact) mass is 530 g/mol. The van der Waals surface area contributed by atoms with Crippen LogP contribution in [0.15, 0.2) is 65.2 Å². The molecule has 4 aliphatic rings. The van der Waals surface area contributed by atoms with Crippen molar-refractivity contribution in [3.05, 3.63) is 70.8 Å². The molecule has 7 heteroatoms. The number of hydrogen-bond donors (Lipinski definition) is 3. The van der Waals surface area contributed by atoms with Crippen LogP contribution in [0.5, 0.6) is 0 Å². The van der Waals surface area contributed by atoms with Gasteiger partial charge in [0.1, 0.15) is 17.3 Å². The molecule has 3 N–H and O–H groups in total. The van der Waals surface area contributed by atoms with Gasteiger partial charge in [-0.3, -0.25) is 19.4 Å². The second-order valence-corrected chi connectivity index (χ2v) is 11.8. The van der Waals surface area contributed by atoms with Gasteiger partial charge in [-0.15, -0.1) is 0 Å². The molecule has 0 radical (unpaired) electrons. The summed E-state index contributed by atoms with van der Waals surface area (Å²) < 4.78 is 0. The van der Waals surface area contributed by atoms with Crippen LogP contribution in [0, 0.1) is 29.1 Å². The van der Waals surface area contributed by atoms with E-state index in [4.69, 9.17) is 0 Å². The molecule has 1 saturated heterocycles. The Morgan fingerprint density at radius 3 is 2.64 bits per heavy atom. The summed E-state index contributed by atoms with van der Waals surface area (Å²) >= 11 is 0. The Bertz CT molecular complexity index is 1410. The molecule has 39 heavy (non-hydrogen) atoms. The van der Waals surface area contributed by atoms with Crippen molar-refractivity contribution in [1.82, 2.24) is 5.32 Å². The smallest absolute Gasteiger partial charge is 0.235 e. The van der Waals surface area contributed by atoms with Crippen LogP contribution in [-0.2, 0) is 14.4 Å².